The van der Waals surface area contributed by atoms with Gasteiger partial charge in [0.25, 0.3) is 0 Å². The summed E-state index contributed by atoms with van der Waals surface area (Å²) in [5.74, 6) is 2.05. The Morgan fingerprint density at radius 1 is 1.31 bits per heavy atom. The first-order chi connectivity index (χ1) is 7.51. The van der Waals surface area contributed by atoms with E-state index >= 15 is 0 Å². The lowest BCUT2D eigenvalue weighted by Crippen LogP contribution is -2.18. The molecule has 0 aliphatic heterocycles. The van der Waals surface area contributed by atoms with Gasteiger partial charge >= 0.3 is 0 Å². The van der Waals surface area contributed by atoms with E-state index in [9.17, 15) is 0 Å². The van der Waals surface area contributed by atoms with Crippen molar-refractivity contribution in [2.75, 3.05) is 7.05 Å². The molecule has 1 rings (SSSR count). The molecule has 0 spiro atoms. The molecule has 0 aromatic carbocycles. The zero-order valence-electron chi connectivity index (χ0n) is 11.1. The van der Waals surface area contributed by atoms with E-state index in [4.69, 9.17) is 4.42 Å². The van der Waals surface area contributed by atoms with Gasteiger partial charge in [0.15, 0.2) is 0 Å². The van der Waals surface area contributed by atoms with Crippen molar-refractivity contribution < 1.29 is 4.42 Å². The minimum Gasteiger partial charge on any atom is -0.466 e. The van der Waals surface area contributed by atoms with Gasteiger partial charge in [0, 0.05) is 11.6 Å². The third kappa shape index (κ3) is 2.56. The van der Waals surface area contributed by atoms with E-state index in [1.807, 2.05) is 20.9 Å². The Labute approximate surface area is 98.7 Å². The van der Waals surface area contributed by atoms with Gasteiger partial charge in [-0.1, -0.05) is 19.1 Å². The van der Waals surface area contributed by atoms with Gasteiger partial charge in [-0.15, -0.1) is 0 Å². The van der Waals surface area contributed by atoms with Crippen LogP contribution in [0.2, 0.25) is 0 Å². The van der Waals surface area contributed by atoms with E-state index in [0.717, 1.165) is 24.4 Å². The number of hydrogen-bond acceptors (Lipinski definition) is 2. The first-order valence-corrected chi connectivity index (χ1v) is 5.91. The molecule has 0 amide bonds. The molecule has 1 unspecified atom stereocenters. The maximum atomic E-state index is 5.67. The van der Waals surface area contributed by atoms with Crippen LogP contribution in [0.3, 0.4) is 0 Å². The molecule has 0 radical (unpaired) electrons. The van der Waals surface area contributed by atoms with Crippen LogP contribution in [-0.2, 0) is 0 Å². The van der Waals surface area contributed by atoms with Gasteiger partial charge in [-0.2, -0.15) is 0 Å². The Morgan fingerprint density at radius 2 is 1.94 bits per heavy atom. The van der Waals surface area contributed by atoms with Gasteiger partial charge < -0.3 is 9.73 Å². The molecule has 0 saturated carbocycles. The van der Waals surface area contributed by atoms with Gasteiger partial charge in [-0.3, -0.25) is 0 Å². The fraction of sp³-hybridized carbons (Fsp3) is 0.571. The highest BCUT2D eigenvalue weighted by atomic mass is 16.3. The van der Waals surface area contributed by atoms with Crippen molar-refractivity contribution in [2.45, 2.75) is 46.6 Å². The Kier molecular flexibility index (Phi) is 4.36. The predicted molar refractivity (Wildman–Crippen MR) is 68.8 cm³/mol. The molecule has 1 aromatic heterocycles. The summed E-state index contributed by atoms with van der Waals surface area (Å²) in [6, 6.07) is 0.324. The molecule has 16 heavy (non-hydrogen) atoms. The van der Waals surface area contributed by atoms with E-state index in [-0.39, 0.29) is 0 Å². The number of rotatable bonds is 5. The molecule has 0 saturated heterocycles. The molecule has 0 aliphatic carbocycles. The normalized spacial score (nSPS) is 12.8. The second-order valence-corrected chi connectivity index (χ2v) is 4.40. The molecular formula is C14H23NO. The second-order valence-electron chi connectivity index (χ2n) is 4.40. The zero-order chi connectivity index (χ0) is 12.3. The first kappa shape index (κ1) is 13.0. The lowest BCUT2D eigenvalue weighted by Gasteiger charge is -2.17. The summed E-state index contributed by atoms with van der Waals surface area (Å²) in [7, 11) is 1.99. The Hall–Kier alpha value is -1.02. The van der Waals surface area contributed by atoms with Crippen molar-refractivity contribution in [3.05, 3.63) is 34.8 Å². The molecule has 0 bridgehead atoms. The molecule has 90 valence electrons. The van der Waals surface area contributed by atoms with Crippen LogP contribution in [0.1, 0.15) is 48.5 Å². The molecule has 0 fully saturated rings. The van der Waals surface area contributed by atoms with Crippen LogP contribution < -0.4 is 5.32 Å². The zero-order valence-corrected chi connectivity index (χ0v) is 11.1. The van der Waals surface area contributed by atoms with Crippen LogP contribution in [0.5, 0.6) is 0 Å². The summed E-state index contributed by atoms with van der Waals surface area (Å²) in [5, 5.41) is 3.36. The summed E-state index contributed by atoms with van der Waals surface area (Å²) in [6.45, 7) is 12.4. The van der Waals surface area contributed by atoms with Crippen molar-refractivity contribution in [1.29, 1.82) is 0 Å². The lowest BCUT2D eigenvalue weighted by molar-refractivity contribution is 0.489. The number of aryl methyl sites for hydroxylation is 2. The van der Waals surface area contributed by atoms with Crippen molar-refractivity contribution in [1.82, 2.24) is 5.32 Å². The number of nitrogens with one attached hydrogen (secondary N) is 1. The predicted octanol–water partition coefficient (Wildman–Crippen LogP) is 3.82. The third-order valence-electron chi connectivity index (χ3n) is 3.31. The average Bonchev–Trinajstić information content (AvgIpc) is 2.50. The fourth-order valence-corrected chi connectivity index (χ4v) is 2.10. The first-order valence-electron chi connectivity index (χ1n) is 5.91. The summed E-state index contributed by atoms with van der Waals surface area (Å²) in [4.78, 5) is 0. The van der Waals surface area contributed by atoms with Crippen LogP contribution in [0.25, 0.3) is 0 Å². The average molecular weight is 221 g/mol. The van der Waals surface area contributed by atoms with Gasteiger partial charge in [-0.25, -0.2) is 0 Å². The van der Waals surface area contributed by atoms with E-state index in [0.29, 0.717) is 6.04 Å². The van der Waals surface area contributed by atoms with E-state index < -0.39 is 0 Å². The SMILES string of the molecule is C=C(CC)CC(NC)c1c(C)oc(C)c1C. The topological polar surface area (TPSA) is 25.2 Å². The van der Waals surface area contributed by atoms with Gasteiger partial charge in [0.1, 0.15) is 11.5 Å². The quantitative estimate of drug-likeness (QED) is 0.765. The maximum absolute atomic E-state index is 5.67. The van der Waals surface area contributed by atoms with E-state index in [1.54, 1.807) is 0 Å². The molecule has 1 atom stereocenters. The second kappa shape index (κ2) is 5.35. The molecule has 1 heterocycles. The fourth-order valence-electron chi connectivity index (χ4n) is 2.10. The molecule has 1 N–H and O–H groups in total. The van der Waals surface area contributed by atoms with Gasteiger partial charge in [0.2, 0.25) is 0 Å². The smallest absolute Gasteiger partial charge is 0.106 e. The van der Waals surface area contributed by atoms with E-state index in [2.05, 4.69) is 25.7 Å². The molecular weight excluding hydrogens is 198 g/mol. The van der Waals surface area contributed by atoms with Crippen LogP contribution in [0.4, 0.5) is 0 Å². The van der Waals surface area contributed by atoms with E-state index in [1.165, 1.54) is 16.7 Å². The van der Waals surface area contributed by atoms with Gasteiger partial charge in [0.05, 0.1) is 0 Å². The van der Waals surface area contributed by atoms with Crippen molar-refractivity contribution in [3.8, 4) is 0 Å². The number of furan rings is 1. The highest BCUT2D eigenvalue weighted by Gasteiger charge is 2.19. The highest BCUT2D eigenvalue weighted by molar-refractivity contribution is 5.35. The summed E-state index contributed by atoms with van der Waals surface area (Å²) < 4.78 is 5.67. The minimum atomic E-state index is 0.324. The summed E-state index contributed by atoms with van der Waals surface area (Å²) in [5.41, 5.74) is 3.84. The molecule has 0 aliphatic rings. The maximum Gasteiger partial charge on any atom is 0.106 e. The summed E-state index contributed by atoms with van der Waals surface area (Å²) in [6.07, 6.45) is 2.01. The number of hydrogen-bond donors (Lipinski definition) is 1. The van der Waals surface area contributed by atoms with Crippen LogP contribution in [0, 0.1) is 20.8 Å². The molecule has 1 aromatic rings. The Balaban J connectivity index is 2.99. The Morgan fingerprint density at radius 3 is 2.31 bits per heavy atom. The Bertz CT molecular complexity index is 376. The minimum absolute atomic E-state index is 0.324. The van der Waals surface area contributed by atoms with Crippen molar-refractivity contribution in [2.24, 2.45) is 0 Å². The molecule has 2 nitrogen and oxygen atoms in total. The third-order valence-corrected chi connectivity index (χ3v) is 3.31. The standard InChI is InChI=1S/C14H23NO/c1-7-9(2)8-13(15-6)14-10(3)11(4)16-12(14)5/h13,15H,2,7-8H2,1,3-6H3. The van der Waals surface area contributed by atoms with Crippen LogP contribution in [-0.4, -0.2) is 7.05 Å². The van der Waals surface area contributed by atoms with Crippen molar-refractivity contribution in [3.63, 3.8) is 0 Å². The summed E-state index contributed by atoms with van der Waals surface area (Å²) >= 11 is 0. The largest absolute Gasteiger partial charge is 0.466 e. The monoisotopic (exact) mass is 221 g/mol. The van der Waals surface area contributed by atoms with Gasteiger partial charge in [-0.05, 0) is 46.2 Å². The lowest BCUT2D eigenvalue weighted by atomic mass is 9.95. The van der Waals surface area contributed by atoms with Crippen LogP contribution >= 0.6 is 0 Å². The molecule has 2 heteroatoms. The van der Waals surface area contributed by atoms with Crippen molar-refractivity contribution >= 4 is 0 Å². The highest BCUT2D eigenvalue weighted by Crippen LogP contribution is 2.30. The van der Waals surface area contributed by atoms with Crippen LogP contribution in [0.15, 0.2) is 16.6 Å².